The first kappa shape index (κ1) is 15.1. The lowest BCUT2D eigenvalue weighted by atomic mass is 10.1. The van der Waals surface area contributed by atoms with Crippen molar-refractivity contribution in [2.45, 2.75) is 18.9 Å². The molecule has 0 bridgehead atoms. The molecule has 0 aromatic heterocycles. The van der Waals surface area contributed by atoms with Crippen LogP contribution in [0.3, 0.4) is 0 Å². The van der Waals surface area contributed by atoms with Crippen LogP contribution in [-0.2, 0) is 11.2 Å². The molecule has 1 amide bonds. The van der Waals surface area contributed by atoms with Crippen LogP contribution in [0.5, 0.6) is 5.75 Å². The highest BCUT2D eigenvalue weighted by atomic mass is 16.3. The summed E-state index contributed by atoms with van der Waals surface area (Å²) in [6.45, 7) is -0.130. The van der Waals surface area contributed by atoms with E-state index in [2.05, 4.69) is 5.32 Å². The Morgan fingerprint density at radius 3 is 2.33 bits per heavy atom. The molecule has 0 saturated heterocycles. The molecule has 3 N–H and O–H groups in total. The minimum absolute atomic E-state index is 0.106. The number of aliphatic hydroxyl groups is 1. The lowest BCUT2D eigenvalue weighted by Crippen LogP contribution is -2.30. The molecule has 0 spiro atoms. The average Bonchev–Trinajstić information content (AvgIpc) is 2.53. The van der Waals surface area contributed by atoms with Crippen LogP contribution in [0.1, 0.15) is 23.6 Å². The number of hydrogen-bond donors (Lipinski definition) is 3. The number of hydrogen-bond acceptors (Lipinski definition) is 3. The molecule has 2 rings (SSSR count). The van der Waals surface area contributed by atoms with Gasteiger partial charge in [0.1, 0.15) is 5.75 Å². The lowest BCUT2D eigenvalue weighted by molar-refractivity contribution is -0.122. The summed E-state index contributed by atoms with van der Waals surface area (Å²) in [5.41, 5.74) is 1.88. The Labute approximate surface area is 124 Å². The van der Waals surface area contributed by atoms with Gasteiger partial charge >= 0.3 is 0 Å². The molecule has 0 heterocycles. The first-order valence-electron chi connectivity index (χ1n) is 6.92. The van der Waals surface area contributed by atoms with Crippen LogP contribution in [-0.4, -0.2) is 22.7 Å². The van der Waals surface area contributed by atoms with E-state index in [0.717, 1.165) is 11.1 Å². The van der Waals surface area contributed by atoms with Gasteiger partial charge in [-0.25, -0.2) is 0 Å². The van der Waals surface area contributed by atoms with Crippen LogP contribution >= 0.6 is 0 Å². The van der Waals surface area contributed by atoms with Crippen molar-refractivity contribution in [2.75, 3.05) is 6.61 Å². The third-order valence-electron chi connectivity index (χ3n) is 3.30. The summed E-state index contributed by atoms with van der Waals surface area (Å²) >= 11 is 0. The van der Waals surface area contributed by atoms with E-state index in [1.165, 1.54) is 0 Å². The van der Waals surface area contributed by atoms with Gasteiger partial charge in [-0.1, -0.05) is 42.5 Å². The number of nitrogens with one attached hydrogen (secondary N) is 1. The van der Waals surface area contributed by atoms with Crippen molar-refractivity contribution in [3.63, 3.8) is 0 Å². The van der Waals surface area contributed by atoms with Crippen LogP contribution in [0.2, 0.25) is 0 Å². The van der Waals surface area contributed by atoms with Gasteiger partial charge in [-0.05, 0) is 29.7 Å². The molecule has 0 aliphatic carbocycles. The van der Waals surface area contributed by atoms with E-state index in [0.29, 0.717) is 12.8 Å². The van der Waals surface area contributed by atoms with Gasteiger partial charge in [0.2, 0.25) is 5.91 Å². The maximum atomic E-state index is 12.0. The minimum Gasteiger partial charge on any atom is -0.508 e. The average molecular weight is 285 g/mol. The maximum absolute atomic E-state index is 12.0. The molecule has 0 saturated carbocycles. The van der Waals surface area contributed by atoms with Gasteiger partial charge < -0.3 is 15.5 Å². The van der Waals surface area contributed by atoms with Crippen LogP contribution in [0.25, 0.3) is 0 Å². The van der Waals surface area contributed by atoms with Crippen LogP contribution in [0.4, 0.5) is 0 Å². The van der Waals surface area contributed by atoms with Crippen LogP contribution in [0, 0.1) is 0 Å². The number of benzene rings is 2. The molecule has 0 fully saturated rings. The van der Waals surface area contributed by atoms with Crippen molar-refractivity contribution in [3.05, 3.63) is 65.7 Å². The summed E-state index contributed by atoms with van der Waals surface area (Å²) in [6, 6.07) is 15.8. The Bertz CT molecular complexity index is 566. The van der Waals surface area contributed by atoms with Crippen molar-refractivity contribution in [2.24, 2.45) is 0 Å². The highest BCUT2D eigenvalue weighted by Gasteiger charge is 2.13. The molecule has 1 unspecified atom stereocenters. The number of carbonyl (C=O) groups excluding carboxylic acids is 1. The smallest absolute Gasteiger partial charge is 0.220 e. The SMILES string of the molecule is O=C(CCc1ccc(O)cc1)NC(CO)c1ccccc1. The topological polar surface area (TPSA) is 69.6 Å². The van der Waals surface area contributed by atoms with Crippen molar-refractivity contribution in [1.82, 2.24) is 5.32 Å². The zero-order chi connectivity index (χ0) is 15.1. The molecule has 4 heteroatoms. The Morgan fingerprint density at radius 2 is 1.71 bits per heavy atom. The van der Waals surface area contributed by atoms with E-state index in [9.17, 15) is 15.0 Å². The van der Waals surface area contributed by atoms with Gasteiger partial charge in [0.25, 0.3) is 0 Å². The first-order chi connectivity index (χ1) is 10.2. The number of aliphatic hydroxyl groups excluding tert-OH is 1. The third kappa shape index (κ3) is 4.61. The molecule has 0 radical (unpaired) electrons. The highest BCUT2D eigenvalue weighted by Crippen LogP contribution is 2.13. The van der Waals surface area contributed by atoms with E-state index >= 15 is 0 Å². The van der Waals surface area contributed by atoms with Gasteiger partial charge in [-0.3, -0.25) is 4.79 Å². The molecule has 2 aromatic rings. The van der Waals surface area contributed by atoms with Crippen molar-refractivity contribution >= 4 is 5.91 Å². The largest absolute Gasteiger partial charge is 0.508 e. The summed E-state index contributed by atoms with van der Waals surface area (Å²) < 4.78 is 0. The van der Waals surface area contributed by atoms with Crippen molar-refractivity contribution in [1.29, 1.82) is 0 Å². The highest BCUT2D eigenvalue weighted by molar-refractivity contribution is 5.76. The second-order valence-corrected chi connectivity index (χ2v) is 4.88. The minimum atomic E-state index is -0.376. The predicted octanol–water partition coefficient (Wildman–Crippen LogP) is 2.17. The van der Waals surface area contributed by atoms with Crippen molar-refractivity contribution < 1.29 is 15.0 Å². The van der Waals surface area contributed by atoms with Gasteiger partial charge in [0.05, 0.1) is 12.6 Å². The molecule has 21 heavy (non-hydrogen) atoms. The first-order valence-corrected chi connectivity index (χ1v) is 6.92. The fraction of sp³-hybridized carbons (Fsp3) is 0.235. The molecule has 0 aliphatic heterocycles. The number of rotatable bonds is 6. The molecule has 4 nitrogen and oxygen atoms in total. The number of amides is 1. The van der Waals surface area contributed by atoms with Crippen LogP contribution in [0.15, 0.2) is 54.6 Å². The monoisotopic (exact) mass is 285 g/mol. The standard InChI is InChI=1S/C17H19NO3/c19-12-16(14-4-2-1-3-5-14)18-17(21)11-8-13-6-9-15(20)10-7-13/h1-7,9-10,16,19-20H,8,11-12H2,(H,18,21). The molecule has 0 aliphatic rings. The number of aromatic hydroxyl groups is 1. The summed E-state index contributed by atoms with van der Waals surface area (Å²) in [4.78, 5) is 12.0. The Balaban J connectivity index is 1.87. The van der Waals surface area contributed by atoms with Crippen molar-refractivity contribution in [3.8, 4) is 5.75 Å². The summed E-state index contributed by atoms with van der Waals surface area (Å²) in [5.74, 6) is 0.110. The van der Waals surface area contributed by atoms with Crippen LogP contribution < -0.4 is 5.32 Å². The molecular formula is C17H19NO3. The number of aryl methyl sites for hydroxylation is 1. The number of carbonyl (C=O) groups is 1. The fourth-order valence-electron chi connectivity index (χ4n) is 2.11. The summed E-state index contributed by atoms with van der Waals surface area (Å²) in [7, 11) is 0. The molecular weight excluding hydrogens is 266 g/mol. The third-order valence-corrected chi connectivity index (χ3v) is 3.30. The van der Waals surface area contributed by atoms with Gasteiger partial charge in [0, 0.05) is 6.42 Å². The van der Waals surface area contributed by atoms with Gasteiger partial charge in [0.15, 0.2) is 0 Å². The van der Waals surface area contributed by atoms with E-state index in [1.54, 1.807) is 24.3 Å². The quantitative estimate of drug-likeness (QED) is 0.762. The predicted molar refractivity (Wildman–Crippen MR) is 80.8 cm³/mol. The molecule has 1 atom stereocenters. The second-order valence-electron chi connectivity index (χ2n) is 4.88. The number of phenolic OH excluding ortho intramolecular Hbond substituents is 1. The fourth-order valence-corrected chi connectivity index (χ4v) is 2.11. The lowest BCUT2D eigenvalue weighted by Gasteiger charge is -2.16. The normalized spacial score (nSPS) is 11.9. The Kier molecular flexibility index (Phi) is 5.35. The zero-order valence-electron chi connectivity index (χ0n) is 11.7. The van der Waals surface area contributed by atoms with E-state index in [4.69, 9.17) is 0 Å². The van der Waals surface area contributed by atoms with E-state index in [-0.39, 0.29) is 24.3 Å². The maximum Gasteiger partial charge on any atom is 0.220 e. The zero-order valence-corrected chi connectivity index (χ0v) is 11.7. The molecule has 2 aromatic carbocycles. The second kappa shape index (κ2) is 7.45. The van der Waals surface area contributed by atoms with E-state index in [1.807, 2.05) is 30.3 Å². The van der Waals surface area contributed by atoms with Gasteiger partial charge in [-0.15, -0.1) is 0 Å². The Hall–Kier alpha value is -2.33. The molecule has 110 valence electrons. The Morgan fingerprint density at radius 1 is 1.05 bits per heavy atom. The summed E-state index contributed by atoms with van der Waals surface area (Å²) in [5, 5.41) is 21.4. The summed E-state index contributed by atoms with van der Waals surface area (Å²) in [6.07, 6.45) is 0.938. The van der Waals surface area contributed by atoms with Gasteiger partial charge in [-0.2, -0.15) is 0 Å². The number of phenols is 1. The van der Waals surface area contributed by atoms with E-state index < -0.39 is 0 Å².